The van der Waals surface area contributed by atoms with Crippen LogP contribution in [0, 0.1) is 12.8 Å². The van der Waals surface area contributed by atoms with Crippen molar-refractivity contribution in [3.63, 3.8) is 0 Å². The Morgan fingerprint density at radius 3 is 2.24 bits per heavy atom. The zero-order valence-corrected chi connectivity index (χ0v) is 18.4. The summed E-state index contributed by atoms with van der Waals surface area (Å²) >= 11 is 0. The predicted molar refractivity (Wildman–Crippen MR) is 114 cm³/mol. The number of carbonyl (C=O) groups is 1. The van der Waals surface area contributed by atoms with Crippen LogP contribution in [-0.4, -0.2) is 56.7 Å². The van der Waals surface area contributed by atoms with Crippen molar-refractivity contribution in [2.75, 3.05) is 13.1 Å². The molecule has 162 valence electrons. The van der Waals surface area contributed by atoms with Crippen LogP contribution in [0.5, 0.6) is 0 Å². The highest BCUT2D eigenvalue weighted by Gasteiger charge is 2.25. The molecule has 1 aliphatic carbocycles. The number of aromatic nitrogens is 3. The molecule has 0 atom stereocenters. The average molecular weight is 404 g/mol. The van der Waals surface area contributed by atoms with Gasteiger partial charge in [0.15, 0.2) is 11.8 Å². The number of amides is 1. The molecule has 1 aliphatic heterocycles. The quantitative estimate of drug-likeness (QED) is 0.581. The van der Waals surface area contributed by atoms with Crippen LogP contribution in [0.1, 0.15) is 70.4 Å². The van der Waals surface area contributed by atoms with E-state index in [0.717, 1.165) is 43.5 Å². The summed E-state index contributed by atoms with van der Waals surface area (Å²) in [5, 5.41) is 15.6. The normalized spacial score (nSPS) is 19.6. The molecule has 8 nitrogen and oxygen atoms in total. The number of guanidine groups is 1. The third kappa shape index (κ3) is 5.93. The van der Waals surface area contributed by atoms with E-state index in [1.54, 1.807) is 0 Å². The molecule has 1 aromatic rings. The highest BCUT2D eigenvalue weighted by molar-refractivity contribution is 5.80. The zero-order chi connectivity index (χ0) is 20.8. The van der Waals surface area contributed by atoms with Crippen molar-refractivity contribution in [3.05, 3.63) is 11.6 Å². The van der Waals surface area contributed by atoms with Crippen molar-refractivity contribution in [2.45, 2.75) is 84.3 Å². The molecule has 0 bridgehead atoms. The van der Waals surface area contributed by atoms with Gasteiger partial charge in [-0.3, -0.25) is 4.79 Å². The number of rotatable bonds is 5. The van der Waals surface area contributed by atoms with Crippen LogP contribution in [0.25, 0.3) is 0 Å². The summed E-state index contributed by atoms with van der Waals surface area (Å²) in [5.41, 5.74) is 0. The molecule has 3 rings (SSSR count). The van der Waals surface area contributed by atoms with Crippen LogP contribution in [0.15, 0.2) is 4.99 Å². The van der Waals surface area contributed by atoms with E-state index in [9.17, 15) is 4.79 Å². The third-order valence-corrected chi connectivity index (χ3v) is 6.15. The second-order valence-electron chi connectivity index (χ2n) is 8.77. The summed E-state index contributed by atoms with van der Waals surface area (Å²) in [7, 11) is 1.98. The van der Waals surface area contributed by atoms with Gasteiger partial charge in [-0.05, 0) is 32.6 Å². The van der Waals surface area contributed by atoms with Gasteiger partial charge in [0.25, 0.3) is 0 Å². The molecular formula is C21H37N7O. The molecule has 2 N–H and O–H groups in total. The van der Waals surface area contributed by atoms with E-state index in [-0.39, 0.29) is 11.8 Å². The topological polar surface area (TPSA) is 87.4 Å². The maximum absolute atomic E-state index is 12.2. The Balaban J connectivity index is 1.61. The number of piperidine rings is 1. The van der Waals surface area contributed by atoms with Gasteiger partial charge >= 0.3 is 0 Å². The lowest BCUT2D eigenvalue weighted by Gasteiger charge is -2.35. The van der Waals surface area contributed by atoms with E-state index in [0.29, 0.717) is 18.6 Å². The minimum Gasteiger partial charge on any atom is -0.354 e. The van der Waals surface area contributed by atoms with Gasteiger partial charge in [-0.15, -0.1) is 10.2 Å². The summed E-state index contributed by atoms with van der Waals surface area (Å²) in [4.78, 5) is 19.1. The van der Waals surface area contributed by atoms with Crippen molar-refractivity contribution in [2.24, 2.45) is 18.0 Å². The molecule has 0 radical (unpaired) electrons. The molecule has 1 saturated heterocycles. The number of aliphatic imine (C=N–C) groups is 1. The number of aryl methyl sites for hydroxylation is 1. The van der Waals surface area contributed by atoms with Crippen molar-refractivity contribution in [3.8, 4) is 0 Å². The molecule has 1 saturated carbocycles. The minimum absolute atomic E-state index is 0.0689. The molecule has 1 amide bonds. The molecule has 1 aromatic heterocycles. The van der Waals surface area contributed by atoms with E-state index in [1.165, 1.54) is 32.1 Å². The van der Waals surface area contributed by atoms with Crippen molar-refractivity contribution in [1.29, 1.82) is 0 Å². The lowest BCUT2D eigenvalue weighted by atomic mass is 9.95. The summed E-state index contributed by atoms with van der Waals surface area (Å²) < 4.78 is 1.98. The van der Waals surface area contributed by atoms with Crippen LogP contribution < -0.4 is 10.6 Å². The summed E-state index contributed by atoms with van der Waals surface area (Å²) in [6.07, 6.45) is 8.20. The van der Waals surface area contributed by atoms with Gasteiger partial charge in [-0.1, -0.05) is 33.1 Å². The number of hydrogen-bond acceptors (Lipinski definition) is 4. The zero-order valence-electron chi connectivity index (χ0n) is 18.4. The smallest absolute Gasteiger partial charge is 0.225 e. The second kappa shape index (κ2) is 10.1. The Morgan fingerprint density at radius 2 is 1.69 bits per heavy atom. The van der Waals surface area contributed by atoms with Crippen LogP contribution in [0.2, 0.25) is 0 Å². The molecule has 8 heteroatoms. The molecule has 2 aliphatic rings. The monoisotopic (exact) mass is 403 g/mol. The van der Waals surface area contributed by atoms with Gasteiger partial charge in [0.1, 0.15) is 12.4 Å². The van der Waals surface area contributed by atoms with Crippen LogP contribution >= 0.6 is 0 Å². The Morgan fingerprint density at radius 1 is 1.07 bits per heavy atom. The first-order valence-corrected chi connectivity index (χ1v) is 11.1. The first-order chi connectivity index (χ1) is 13.9. The largest absolute Gasteiger partial charge is 0.354 e. The number of nitrogens with one attached hydrogen (secondary N) is 2. The summed E-state index contributed by atoms with van der Waals surface area (Å²) in [6.45, 7) is 8.02. The maximum atomic E-state index is 12.2. The molecule has 0 unspecified atom stereocenters. The number of hydrogen-bond donors (Lipinski definition) is 2. The lowest BCUT2D eigenvalue weighted by molar-refractivity contribution is -0.135. The number of carbonyl (C=O) groups excluding carboxylic acids is 1. The van der Waals surface area contributed by atoms with E-state index < -0.39 is 0 Å². The van der Waals surface area contributed by atoms with E-state index in [4.69, 9.17) is 4.99 Å². The molecule has 2 fully saturated rings. The fourth-order valence-electron chi connectivity index (χ4n) is 4.11. The van der Waals surface area contributed by atoms with Crippen molar-refractivity contribution in [1.82, 2.24) is 30.3 Å². The Kier molecular flexibility index (Phi) is 7.50. The fourth-order valence-corrected chi connectivity index (χ4v) is 4.11. The molecule has 0 aromatic carbocycles. The highest BCUT2D eigenvalue weighted by atomic mass is 16.2. The van der Waals surface area contributed by atoms with Crippen LogP contribution in [-0.2, 0) is 18.4 Å². The van der Waals surface area contributed by atoms with Gasteiger partial charge in [0.05, 0.1) is 0 Å². The Bertz CT molecular complexity index is 698. The van der Waals surface area contributed by atoms with E-state index in [1.807, 2.05) is 37.3 Å². The molecule has 29 heavy (non-hydrogen) atoms. The predicted octanol–water partition coefficient (Wildman–Crippen LogP) is 2.14. The minimum atomic E-state index is 0.0689. The van der Waals surface area contributed by atoms with E-state index >= 15 is 0 Å². The van der Waals surface area contributed by atoms with E-state index in [2.05, 4.69) is 20.8 Å². The Hall–Kier alpha value is -2.12. The van der Waals surface area contributed by atoms with Crippen LogP contribution in [0.4, 0.5) is 0 Å². The van der Waals surface area contributed by atoms with Gasteiger partial charge in [0, 0.05) is 38.1 Å². The first-order valence-electron chi connectivity index (χ1n) is 11.1. The average Bonchev–Trinajstić information content (AvgIpc) is 3.05. The lowest BCUT2D eigenvalue weighted by Crippen LogP contribution is -2.52. The number of likely N-dealkylation sites (tertiary alicyclic amines) is 1. The fraction of sp³-hybridized carbons (Fsp3) is 0.810. The van der Waals surface area contributed by atoms with Gasteiger partial charge < -0.3 is 20.1 Å². The van der Waals surface area contributed by atoms with Gasteiger partial charge in [-0.25, -0.2) is 4.99 Å². The molecular weight excluding hydrogens is 366 g/mol. The molecule has 0 spiro atoms. The first kappa shape index (κ1) is 21.6. The third-order valence-electron chi connectivity index (χ3n) is 6.15. The van der Waals surface area contributed by atoms with Gasteiger partial charge in [-0.2, -0.15) is 0 Å². The maximum Gasteiger partial charge on any atom is 0.225 e. The van der Waals surface area contributed by atoms with Crippen molar-refractivity contribution < 1.29 is 4.79 Å². The van der Waals surface area contributed by atoms with Gasteiger partial charge in [0.2, 0.25) is 5.91 Å². The SMILES string of the molecule is Cc1nnc(CN=C(NC2CCCCC2)NC2CCN(C(=O)C(C)C)CC2)n1C. The summed E-state index contributed by atoms with van der Waals surface area (Å²) in [5.74, 6) is 2.96. The van der Waals surface area contributed by atoms with Crippen molar-refractivity contribution >= 4 is 11.9 Å². The van der Waals surface area contributed by atoms with Crippen LogP contribution in [0.3, 0.4) is 0 Å². The summed E-state index contributed by atoms with van der Waals surface area (Å²) in [6, 6.07) is 0.820. The highest BCUT2D eigenvalue weighted by Crippen LogP contribution is 2.18. The standard InChI is InChI=1S/C21H37N7O/c1-15(2)20(29)28-12-10-18(11-13-28)24-21(23-17-8-6-5-7-9-17)22-14-19-26-25-16(3)27(19)4/h15,17-18H,5-14H2,1-4H3,(H2,22,23,24). The molecule has 2 heterocycles. The Labute approximate surface area is 174 Å². The number of nitrogens with zero attached hydrogens (tertiary/aromatic N) is 5. The second-order valence-corrected chi connectivity index (χ2v) is 8.77.